The normalized spacial score (nSPS) is 10.5. The third kappa shape index (κ3) is 4.49. The summed E-state index contributed by atoms with van der Waals surface area (Å²) in [5.41, 5.74) is 3.79. The highest BCUT2D eigenvalue weighted by molar-refractivity contribution is 7.13. The lowest BCUT2D eigenvalue weighted by Gasteiger charge is -2.07. The minimum Gasteiger partial charge on any atom is -0.493 e. The topological polar surface area (TPSA) is 48.4 Å². The lowest BCUT2D eigenvalue weighted by molar-refractivity contribution is -0.144. The molecular formula is C21H21NO3S. The molecule has 0 amide bonds. The zero-order valence-corrected chi connectivity index (χ0v) is 15.7. The molecule has 3 aromatic rings. The fourth-order valence-corrected chi connectivity index (χ4v) is 3.42. The van der Waals surface area contributed by atoms with E-state index in [0.717, 1.165) is 27.4 Å². The number of carbonyl (C=O) groups is 1. The maximum Gasteiger partial charge on any atom is 0.312 e. The van der Waals surface area contributed by atoms with Gasteiger partial charge >= 0.3 is 5.97 Å². The average molecular weight is 367 g/mol. The fourth-order valence-electron chi connectivity index (χ4n) is 2.57. The first-order chi connectivity index (χ1) is 12.7. The minimum atomic E-state index is -0.275. The van der Waals surface area contributed by atoms with Crippen LogP contribution in [0.1, 0.15) is 23.7 Å². The molecule has 134 valence electrons. The molecule has 3 rings (SSSR count). The van der Waals surface area contributed by atoms with Crippen LogP contribution in [0.5, 0.6) is 5.75 Å². The van der Waals surface area contributed by atoms with Gasteiger partial charge in [0.25, 0.3) is 0 Å². The molecular weight excluding hydrogens is 346 g/mol. The number of hydrogen-bond acceptors (Lipinski definition) is 5. The minimum absolute atomic E-state index is 0.166. The number of rotatable bonds is 7. The summed E-state index contributed by atoms with van der Waals surface area (Å²) in [5, 5.41) is 2.74. The Morgan fingerprint density at radius 2 is 1.88 bits per heavy atom. The van der Waals surface area contributed by atoms with Crippen LogP contribution in [0.3, 0.4) is 0 Å². The number of benzene rings is 2. The number of carbonyl (C=O) groups excluding carboxylic acids is 1. The molecule has 1 heterocycles. The summed E-state index contributed by atoms with van der Waals surface area (Å²) in [6.07, 6.45) is 0.166. The lowest BCUT2D eigenvalue weighted by atomic mass is 10.1. The van der Waals surface area contributed by atoms with Gasteiger partial charge in [-0.25, -0.2) is 4.98 Å². The number of aromatic nitrogens is 1. The van der Waals surface area contributed by atoms with Crippen molar-refractivity contribution in [3.8, 4) is 16.3 Å². The zero-order valence-electron chi connectivity index (χ0n) is 14.9. The van der Waals surface area contributed by atoms with Gasteiger partial charge in [-0.2, -0.15) is 0 Å². The molecule has 4 nitrogen and oxygen atoms in total. The van der Waals surface area contributed by atoms with Crippen molar-refractivity contribution in [2.75, 3.05) is 6.61 Å². The van der Waals surface area contributed by atoms with Crippen LogP contribution >= 0.6 is 11.3 Å². The van der Waals surface area contributed by atoms with E-state index >= 15 is 0 Å². The van der Waals surface area contributed by atoms with Crippen molar-refractivity contribution in [3.05, 3.63) is 70.7 Å². The van der Waals surface area contributed by atoms with Crippen molar-refractivity contribution < 1.29 is 14.3 Å². The van der Waals surface area contributed by atoms with Crippen molar-refractivity contribution >= 4 is 17.3 Å². The summed E-state index contributed by atoms with van der Waals surface area (Å²) in [6.45, 7) is 4.84. The van der Waals surface area contributed by atoms with E-state index in [4.69, 9.17) is 9.47 Å². The summed E-state index contributed by atoms with van der Waals surface area (Å²) >= 11 is 1.50. The SMILES string of the molecule is CCOc1ccccc1-c1nc(CC(=O)OCc2ccccc2C)cs1. The molecule has 0 unspecified atom stereocenters. The molecule has 0 aliphatic heterocycles. The van der Waals surface area contributed by atoms with Gasteiger partial charge in [0, 0.05) is 5.38 Å². The van der Waals surface area contributed by atoms with Gasteiger partial charge in [-0.05, 0) is 37.1 Å². The molecule has 0 saturated heterocycles. The first-order valence-corrected chi connectivity index (χ1v) is 9.42. The molecule has 0 spiro atoms. The summed E-state index contributed by atoms with van der Waals surface area (Å²) in [5.74, 6) is 0.529. The van der Waals surface area contributed by atoms with Crippen LogP contribution in [0.2, 0.25) is 0 Å². The lowest BCUT2D eigenvalue weighted by Crippen LogP contribution is -2.08. The van der Waals surface area contributed by atoms with Crippen LogP contribution in [0.4, 0.5) is 0 Å². The Morgan fingerprint density at radius 1 is 1.12 bits per heavy atom. The van der Waals surface area contributed by atoms with Gasteiger partial charge in [0.2, 0.25) is 0 Å². The second-order valence-electron chi connectivity index (χ2n) is 5.84. The number of para-hydroxylation sites is 1. The first-order valence-electron chi connectivity index (χ1n) is 8.54. The van der Waals surface area contributed by atoms with Gasteiger partial charge < -0.3 is 9.47 Å². The van der Waals surface area contributed by atoms with Gasteiger partial charge in [-0.15, -0.1) is 11.3 Å². The van der Waals surface area contributed by atoms with Crippen LogP contribution in [0.15, 0.2) is 53.9 Å². The number of ether oxygens (including phenoxy) is 2. The van der Waals surface area contributed by atoms with Crippen LogP contribution < -0.4 is 4.74 Å². The number of esters is 1. The molecule has 0 aliphatic carbocycles. The second-order valence-corrected chi connectivity index (χ2v) is 6.70. The van der Waals surface area contributed by atoms with E-state index in [1.165, 1.54) is 11.3 Å². The van der Waals surface area contributed by atoms with Crippen LogP contribution in [0.25, 0.3) is 10.6 Å². The maximum atomic E-state index is 12.1. The molecule has 0 bridgehead atoms. The van der Waals surface area contributed by atoms with E-state index in [0.29, 0.717) is 12.3 Å². The Balaban J connectivity index is 1.63. The van der Waals surface area contributed by atoms with Crippen molar-refractivity contribution in [1.82, 2.24) is 4.98 Å². The van der Waals surface area contributed by atoms with Crippen LogP contribution in [-0.2, 0) is 22.6 Å². The molecule has 5 heteroatoms. The third-order valence-electron chi connectivity index (χ3n) is 3.94. The average Bonchev–Trinajstić information content (AvgIpc) is 3.10. The van der Waals surface area contributed by atoms with E-state index in [-0.39, 0.29) is 19.0 Å². The third-order valence-corrected chi connectivity index (χ3v) is 4.87. The molecule has 0 atom stereocenters. The van der Waals surface area contributed by atoms with Crippen LogP contribution in [0, 0.1) is 6.92 Å². The highest BCUT2D eigenvalue weighted by Gasteiger charge is 2.13. The Bertz CT molecular complexity index is 888. The molecule has 2 aromatic carbocycles. The van der Waals surface area contributed by atoms with E-state index in [1.54, 1.807) is 0 Å². The largest absolute Gasteiger partial charge is 0.493 e. The molecule has 0 aliphatic rings. The van der Waals surface area contributed by atoms with E-state index < -0.39 is 0 Å². The monoisotopic (exact) mass is 367 g/mol. The van der Waals surface area contributed by atoms with Crippen LogP contribution in [-0.4, -0.2) is 17.6 Å². The molecule has 0 N–H and O–H groups in total. The predicted octanol–water partition coefficient (Wildman–Crippen LogP) is 4.80. The van der Waals surface area contributed by atoms with Crippen molar-refractivity contribution in [2.24, 2.45) is 0 Å². The van der Waals surface area contributed by atoms with Crippen molar-refractivity contribution in [3.63, 3.8) is 0 Å². The van der Waals surface area contributed by atoms with Gasteiger partial charge in [0.15, 0.2) is 0 Å². The van der Waals surface area contributed by atoms with Gasteiger partial charge in [0.05, 0.1) is 24.3 Å². The number of nitrogens with zero attached hydrogens (tertiary/aromatic N) is 1. The van der Waals surface area contributed by atoms with Gasteiger partial charge in [-0.1, -0.05) is 36.4 Å². The second kappa shape index (κ2) is 8.63. The van der Waals surface area contributed by atoms with Crippen molar-refractivity contribution in [1.29, 1.82) is 0 Å². The van der Waals surface area contributed by atoms with Gasteiger partial charge in [-0.3, -0.25) is 4.79 Å². The quantitative estimate of drug-likeness (QED) is 0.563. The Kier molecular flexibility index (Phi) is 6.02. The van der Waals surface area contributed by atoms with E-state index in [1.807, 2.05) is 67.8 Å². The molecule has 1 aromatic heterocycles. The molecule has 26 heavy (non-hydrogen) atoms. The summed E-state index contributed by atoms with van der Waals surface area (Å²) < 4.78 is 11.0. The summed E-state index contributed by atoms with van der Waals surface area (Å²) in [7, 11) is 0. The highest BCUT2D eigenvalue weighted by Crippen LogP contribution is 2.32. The number of aryl methyl sites for hydroxylation is 1. The summed E-state index contributed by atoms with van der Waals surface area (Å²) in [6, 6.07) is 15.7. The fraction of sp³-hybridized carbons (Fsp3) is 0.238. The predicted molar refractivity (Wildman–Crippen MR) is 103 cm³/mol. The Hall–Kier alpha value is -2.66. The standard InChI is InChI=1S/C21H21NO3S/c1-3-24-19-11-7-6-10-18(19)21-22-17(14-26-21)12-20(23)25-13-16-9-5-4-8-15(16)2/h4-11,14H,3,12-13H2,1-2H3. The Morgan fingerprint density at radius 3 is 2.69 bits per heavy atom. The maximum absolute atomic E-state index is 12.1. The van der Waals surface area contributed by atoms with Crippen molar-refractivity contribution in [2.45, 2.75) is 26.9 Å². The Labute approximate surface area is 157 Å². The van der Waals surface area contributed by atoms with E-state index in [9.17, 15) is 4.79 Å². The first kappa shape index (κ1) is 18.1. The zero-order chi connectivity index (χ0) is 18.4. The molecule has 0 radical (unpaired) electrons. The summed E-state index contributed by atoms with van der Waals surface area (Å²) in [4.78, 5) is 16.7. The number of hydrogen-bond donors (Lipinski definition) is 0. The number of thiazole rings is 1. The smallest absolute Gasteiger partial charge is 0.312 e. The van der Waals surface area contributed by atoms with E-state index in [2.05, 4.69) is 4.98 Å². The molecule has 0 fully saturated rings. The van der Waals surface area contributed by atoms with Gasteiger partial charge in [0.1, 0.15) is 17.4 Å². The highest BCUT2D eigenvalue weighted by atomic mass is 32.1. The molecule has 0 saturated carbocycles.